The second-order valence-corrected chi connectivity index (χ2v) is 9.33. The molecule has 41 heavy (non-hydrogen) atoms. The Hall–Kier alpha value is -4.70. The highest BCUT2D eigenvalue weighted by molar-refractivity contribution is 5.95. The van der Waals surface area contributed by atoms with Crippen LogP contribution in [0.25, 0.3) is 10.9 Å². The van der Waals surface area contributed by atoms with E-state index < -0.39 is 60.4 Å². The van der Waals surface area contributed by atoms with Crippen LogP contribution >= 0.6 is 0 Å². The number of hydrogen-bond donors (Lipinski definition) is 10. The maximum absolute atomic E-state index is 13.4. The van der Waals surface area contributed by atoms with Gasteiger partial charge in [-0.3, -0.25) is 24.2 Å². The molecule has 0 bridgehead atoms. The van der Waals surface area contributed by atoms with Crippen molar-refractivity contribution in [2.75, 3.05) is 13.2 Å². The standard InChI is InChI=1S/C25H37N9O7/c26-15(7-8-20(27)36)21(37)32-17(6-3-9-30-25(28)29)22(38)33-18(23(39)34-19(12-35)24(40)41)10-13-11-31-16-5-2-1-4-14(13)16/h1-2,4-5,11,15,17-19,31,35H,3,6-10,12,26H2,(H2,27,36)(H,32,37)(H,33,38)(H,34,39)(H,40,41)(H4,28,29,30). The molecule has 0 fully saturated rings. The summed E-state index contributed by atoms with van der Waals surface area (Å²) in [5.74, 6) is -4.62. The van der Waals surface area contributed by atoms with Gasteiger partial charge in [-0.25, -0.2) is 4.79 Å². The Balaban J connectivity index is 2.29. The third-order valence-electron chi connectivity index (χ3n) is 6.15. The van der Waals surface area contributed by atoms with Gasteiger partial charge in [-0.2, -0.15) is 0 Å². The number of rotatable bonds is 17. The lowest BCUT2D eigenvalue weighted by Crippen LogP contribution is -2.58. The second kappa shape index (κ2) is 15.8. The lowest BCUT2D eigenvalue weighted by atomic mass is 10.0. The predicted octanol–water partition coefficient (Wildman–Crippen LogP) is -3.11. The SMILES string of the molecule is NC(=O)CCC(N)C(=O)NC(CCCN=C(N)N)C(=O)NC(Cc1c[nH]c2ccccc12)C(=O)NC(CO)C(=O)O. The van der Waals surface area contributed by atoms with Gasteiger partial charge in [0.05, 0.1) is 12.6 Å². The monoisotopic (exact) mass is 575 g/mol. The number of primary amides is 1. The number of aliphatic hydroxyl groups is 1. The number of aliphatic carboxylic acids is 1. The van der Waals surface area contributed by atoms with Gasteiger partial charge in [0.25, 0.3) is 0 Å². The molecule has 4 unspecified atom stereocenters. The van der Waals surface area contributed by atoms with Gasteiger partial charge in [0, 0.05) is 36.5 Å². The molecule has 0 radical (unpaired) electrons. The first-order valence-electron chi connectivity index (χ1n) is 12.8. The number of nitrogens with one attached hydrogen (secondary N) is 4. The number of guanidine groups is 1. The third-order valence-corrected chi connectivity index (χ3v) is 6.15. The number of nitrogens with zero attached hydrogens (tertiary/aromatic N) is 1. The van der Waals surface area contributed by atoms with Crippen molar-refractivity contribution >= 4 is 46.5 Å². The minimum absolute atomic E-state index is 0.0483. The maximum Gasteiger partial charge on any atom is 0.328 e. The van der Waals surface area contributed by atoms with E-state index in [1.54, 1.807) is 12.3 Å². The van der Waals surface area contributed by atoms with Crippen LogP contribution in [0.4, 0.5) is 0 Å². The van der Waals surface area contributed by atoms with Gasteiger partial charge < -0.3 is 54.1 Å². The number of H-pyrrole nitrogens is 1. The zero-order chi connectivity index (χ0) is 30.5. The minimum Gasteiger partial charge on any atom is -0.480 e. The van der Waals surface area contributed by atoms with E-state index in [9.17, 15) is 34.2 Å². The average Bonchev–Trinajstić information content (AvgIpc) is 3.33. The van der Waals surface area contributed by atoms with Gasteiger partial charge >= 0.3 is 5.97 Å². The first-order valence-corrected chi connectivity index (χ1v) is 12.8. The number of aromatic nitrogens is 1. The van der Waals surface area contributed by atoms with Gasteiger partial charge in [-0.1, -0.05) is 18.2 Å². The van der Waals surface area contributed by atoms with Crippen molar-refractivity contribution in [1.29, 1.82) is 0 Å². The summed E-state index contributed by atoms with van der Waals surface area (Å²) < 4.78 is 0. The van der Waals surface area contributed by atoms with E-state index in [-0.39, 0.29) is 44.6 Å². The van der Waals surface area contributed by atoms with Crippen molar-refractivity contribution in [3.63, 3.8) is 0 Å². The predicted molar refractivity (Wildman–Crippen MR) is 149 cm³/mol. The average molecular weight is 576 g/mol. The molecule has 14 N–H and O–H groups in total. The van der Waals surface area contributed by atoms with Gasteiger partial charge in [-0.15, -0.1) is 0 Å². The number of amides is 4. The first-order chi connectivity index (χ1) is 19.4. The molecular formula is C25H37N9O7. The molecule has 0 spiro atoms. The molecule has 4 amide bonds. The molecule has 16 nitrogen and oxygen atoms in total. The molecule has 0 aliphatic heterocycles. The Morgan fingerprint density at radius 3 is 2.17 bits per heavy atom. The van der Waals surface area contributed by atoms with E-state index in [1.165, 1.54) is 0 Å². The van der Waals surface area contributed by atoms with Crippen LogP contribution in [0.15, 0.2) is 35.5 Å². The molecule has 0 saturated heterocycles. The quantitative estimate of drug-likeness (QED) is 0.0514. The lowest BCUT2D eigenvalue weighted by molar-refractivity contribution is -0.143. The van der Waals surface area contributed by atoms with Crippen molar-refractivity contribution < 1.29 is 34.2 Å². The molecule has 224 valence electrons. The Morgan fingerprint density at radius 2 is 1.54 bits per heavy atom. The van der Waals surface area contributed by atoms with Gasteiger partial charge in [0.15, 0.2) is 5.96 Å². The number of aromatic amines is 1. The number of aliphatic hydroxyl groups excluding tert-OH is 1. The van der Waals surface area contributed by atoms with Crippen LogP contribution < -0.4 is 38.9 Å². The number of benzene rings is 1. The number of nitrogens with two attached hydrogens (primary N) is 4. The number of hydrogen-bond acceptors (Lipinski definition) is 8. The lowest BCUT2D eigenvalue weighted by Gasteiger charge is -2.25. The molecule has 2 rings (SSSR count). The number of carbonyl (C=O) groups excluding carboxylic acids is 4. The largest absolute Gasteiger partial charge is 0.480 e. The second-order valence-electron chi connectivity index (χ2n) is 9.33. The molecule has 4 atom stereocenters. The van der Waals surface area contributed by atoms with E-state index in [1.807, 2.05) is 18.2 Å². The highest BCUT2D eigenvalue weighted by Crippen LogP contribution is 2.19. The fraction of sp³-hybridized carbons (Fsp3) is 0.440. The highest BCUT2D eigenvalue weighted by Gasteiger charge is 2.30. The summed E-state index contributed by atoms with van der Waals surface area (Å²) in [5.41, 5.74) is 23.1. The Morgan fingerprint density at radius 1 is 0.902 bits per heavy atom. The highest BCUT2D eigenvalue weighted by atomic mass is 16.4. The summed E-state index contributed by atoms with van der Waals surface area (Å²) in [5, 5.41) is 26.7. The van der Waals surface area contributed by atoms with Crippen LogP contribution in [-0.2, 0) is 30.4 Å². The number of aliphatic imine (C=N–C) groups is 1. The fourth-order valence-electron chi connectivity index (χ4n) is 3.94. The van der Waals surface area contributed by atoms with Crippen molar-refractivity contribution in [1.82, 2.24) is 20.9 Å². The number of para-hydroxylation sites is 1. The van der Waals surface area contributed by atoms with Crippen molar-refractivity contribution in [3.05, 3.63) is 36.0 Å². The van der Waals surface area contributed by atoms with Crippen LogP contribution in [-0.4, -0.2) is 88.1 Å². The third kappa shape index (κ3) is 10.4. The first kappa shape index (κ1) is 32.5. The molecule has 1 aromatic carbocycles. The number of carboxylic acids is 1. The number of carbonyl (C=O) groups is 5. The molecule has 1 aromatic heterocycles. The molecule has 0 saturated carbocycles. The van der Waals surface area contributed by atoms with Crippen LogP contribution in [0.1, 0.15) is 31.2 Å². The molecular weight excluding hydrogens is 538 g/mol. The van der Waals surface area contributed by atoms with E-state index >= 15 is 0 Å². The molecule has 16 heteroatoms. The van der Waals surface area contributed by atoms with Crippen LogP contribution in [0.2, 0.25) is 0 Å². The summed E-state index contributed by atoms with van der Waals surface area (Å²) in [4.78, 5) is 68.6. The van der Waals surface area contributed by atoms with Gasteiger partial charge in [0.1, 0.15) is 18.1 Å². The number of fused-ring (bicyclic) bond motifs is 1. The summed E-state index contributed by atoms with van der Waals surface area (Å²) in [6.45, 7) is -0.729. The molecule has 0 aliphatic carbocycles. The van der Waals surface area contributed by atoms with Crippen molar-refractivity contribution in [2.24, 2.45) is 27.9 Å². The van der Waals surface area contributed by atoms with Crippen molar-refractivity contribution in [3.8, 4) is 0 Å². The van der Waals surface area contributed by atoms with Crippen LogP contribution in [0.3, 0.4) is 0 Å². The van der Waals surface area contributed by atoms with Crippen LogP contribution in [0, 0.1) is 0 Å². The summed E-state index contributed by atoms with van der Waals surface area (Å²) in [6.07, 6.45) is 1.73. The maximum atomic E-state index is 13.4. The Kier molecular flexibility index (Phi) is 12.5. The summed E-state index contributed by atoms with van der Waals surface area (Å²) in [6, 6.07) is 2.01. The molecule has 1 heterocycles. The summed E-state index contributed by atoms with van der Waals surface area (Å²) >= 11 is 0. The fourth-order valence-corrected chi connectivity index (χ4v) is 3.94. The number of carboxylic acid groups (broad SMARTS) is 1. The topological polar surface area (TPSA) is 294 Å². The van der Waals surface area contributed by atoms with Crippen LogP contribution in [0.5, 0.6) is 0 Å². The van der Waals surface area contributed by atoms with Crippen molar-refractivity contribution in [2.45, 2.75) is 56.3 Å². The smallest absolute Gasteiger partial charge is 0.328 e. The van der Waals surface area contributed by atoms with Gasteiger partial charge in [-0.05, 0) is 30.9 Å². The van der Waals surface area contributed by atoms with E-state index in [0.29, 0.717) is 5.56 Å². The van der Waals surface area contributed by atoms with E-state index in [2.05, 4.69) is 25.9 Å². The Labute approximate surface area is 235 Å². The molecule has 2 aromatic rings. The van der Waals surface area contributed by atoms with E-state index in [4.69, 9.17) is 22.9 Å². The summed E-state index contributed by atoms with van der Waals surface area (Å²) in [7, 11) is 0. The molecule has 0 aliphatic rings. The van der Waals surface area contributed by atoms with Gasteiger partial charge in [0.2, 0.25) is 23.6 Å². The normalized spacial score (nSPS) is 13.8. The zero-order valence-corrected chi connectivity index (χ0v) is 22.3. The van der Waals surface area contributed by atoms with E-state index in [0.717, 1.165) is 10.9 Å². The zero-order valence-electron chi connectivity index (χ0n) is 22.3. The minimum atomic E-state index is -1.61. The Bertz CT molecular complexity index is 1260.